The van der Waals surface area contributed by atoms with Crippen LogP contribution < -0.4 is 10.6 Å². The van der Waals surface area contributed by atoms with Crippen LogP contribution >= 0.6 is 11.6 Å². The molecular formula is C17H16ClN5. The highest BCUT2D eigenvalue weighted by Gasteiger charge is 2.05. The van der Waals surface area contributed by atoms with E-state index in [1.807, 2.05) is 44.2 Å². The van der Waals surface area contributed by atoms with E-state index < -0.39 is 0 Å². The Balaban J connectivity index is 1.83. The average molecular weight is 326 g/mol. The van der Waals surface area contributed by atoms with E-state index in [0.717, 1.165) is 22.5 Å². The molecule has 2 N–H and O–H groups in total. The maximum absolute atomic E-state index is 6.14. The minimum Gasteiger partial charge on any atom is -0.338 e. The first-order chi connectivity index (χ1) is 11.1. The normalized spacial score (nSPS) is 10.4. The van der Waals surface area contributed by atoms with Gasteiger partial charge in [0.25, 0.3) is 0 Å². The molecule has 0 saturated heterocycles. The van der Waals surface area contributed by atoms with Gasteiger partial charge in [0.2, 0.25) is 5.95 Å². The van der Waals surface area contributed by atoms with Crippen LogP contribution in [0.5, 0.6) is 0 Å². The van der Waals surface area contributed by atoms with Crippen LogP contribution in [0.25, 0.3) is 0 Å². The van der Waals surface area contributed by atoms with Gasteiger partial charge in [0.1, 0.15) is 0 Å². The molecule has 3 aromatic rings. The summed E-state index contributed by atoms with van der Waals surface area (Å²) in [5.41, 5.74) is 4.01. The molecule has 116 valence electrons. The third-order valence-corrected chi connectivity index (χ3v) is 3.66. The van der Waals surface area contributed by atoms with Crippen molar-refractivity contribution in [1.29, 1.82) is 0 Å². The van der Waals surface area contributed by atoms with Crippen molar-refractivity contribution in [3.8, 4) is 0 Å². The maximum Gasteiger partial charge on any atom is 0.249 e. The first-order valence-corrected chi connectivity index (χ1v) is 7.55. The number of rotatable bonds is 4. The molecule has 1 heterocycles. The van der Waals surface area contributed by atoms with Crippen molar-refractivity contribution in [2.45, 2.75) is 13.8 Å². The summed E-state index contributed by atoms with van der Waals surface area (Å²) < 4.78 is 0. The third kappa shape index (κ3) is 3.76. The van der Waals surface area contributed by atoms with Gasteiger partial charge in [-0.15, -0.1) is 5.10 Å². The maximum atomic E-state index is 6.14. The van der Waals surface area contributed by atoms with Gasteiger partial charge in [-0.25, -0.2) is 0 Å². The van der Waals surface area contributed by atoms with E-state index in [1.165, 1.54) is 0 Å². The van der Waals surface area contributed by atoms with E-state index >= 15 is 0 Å². The first kappa shape index (κ1) is 15.2. The number of para-hydroxylation sites is 1. The molecule has 3 rings (SSSR count). The van der Waals surface area contributed by atoms with Crippen molar-refractivity contribution in [2.24, 2.45) is 0 Å². The molecule has 0 aliphatic rings. The average Bonchev–Trinajstić information content (AvgIpc) is 2.54. The van der Waals surface area contributed by atoms with Crippen LogP contribution in [0, 0.1) is 13.8 Å². The lowest BCUT2D eigenvalue weighted by molar-refractivity contribution is 0.981. The van der Waals surface area contributed by atoms with Crippen molar-refractivity contribution in [3.05, 3.63) is 64.8 Å². The molecule has 0 fully saturated rings. The summed E-state index contributed by atoms with van der Waals surface area (Å²) in [5, 5.41) is 15.0. The van der Waals surface area contributed by atoms with Gasteiger partial charge in [0.05, 0.1) is 16.9 Å². The zero-order valence-corrected chi connectivity index (χ0v) is 13.6. The lowest BCUT2D eigenvalue weighted by Crippen LogP contribution is -2.03. The Hall–Kier alpha value is -2.66. The fraction of sp³-hybridized carbons (Fsp3) is 0.118. The van der Waals surface area contributed by atoms with Gasteiger partial charge in [-0.1, -0.05) is 35.9 Å². The first-order valence-electron chi connectivity index (χ1n) is 7.17. The number of aryl methyl sites for hydroxylation is 2. The smallest absolute Gasteiger partial charge is 0.249 e. The summed E-state index contributed by atoms with van der Waals surface area (Å²) >= 11 is 6.14. The van der Waals surface area contributed by atoms with Crippen molar-refractivity contribution in [2.75, 3.05) is 10.6 Å². The molecule has 0 amide bonds. The Morgan fingerprint density at radius 3 is 2.61 bits per heavy atom. The number of hydrogen-bond acceptors (Lipinski definition) is 5. The van der Waals surface area contributed by atoms with E-state index in [2.05, 4.69) is 37.9 Å². The fourth-order valence-corrected chi connectivity index (χ4v) is 2.29. The number of benzene rings is 2. The molecule has 0 bridgehead atoms. The quantitative estimate of drug-likeness (QED) is 0.732. The Labute approximate surface area is 139 Å². The highest BCUT2D eigenvalue weighted by Crippen LogP contribution is 2.24. The van der Waals surface area contributed by atoms with Crippen molar-refractivity contribution < 1.29 is 0 Å². The van der Waals surface area contributed by atoms with Crippen molar-refractivity contribution in [3.63, 3.8) is 0 Å². The van der Waals surface area contributed by atoms with Gasteiger partial charge in [-0.05, 0) is 43.2 Å². The van der Waals surface area contributed by atoms with E-state index in [0.29, 0.717) is 16.8 Å². The minimum absolute atomic E-state index is 0.427. The van der Waals surface area contributed by atoms with E-state index in [9.17, 15) is 0 Å². The SMILES string of the molecule is Cc1ccc(C)c(Nc2nncc(Nc3ccccc3Cl)n2)c1. The second-order valence-corrected chi connectivity index (χ2v) is 5.62. The van der Waals surface area contributed by atoms with Gasteiger partial charge in [0, 0.05) is 5.69 Å². The largest absolute Gasteiger partial charge is 0.338 e. The second kappa shape index (κ2) is 6.62. The highest BCUT2D eigenvalue weighted by atomic mass is 35.5. The van der Waals surface area contributed by atoms with Gasteiger partial charge < -0.3 is 10.6 Å². The number of halogens is 1. The summed E-state index contributed by atoms with van der Waals surface area (Å²) in [6, 6.07) is 13.6. The van der Waals surface area contributed by atoms with Crippen molar-refractivity contribution in [1.82, 2.24) is 15.2 Å². The Morgan fingerprint density at radius 2 is 1.78 bits per heavy atom. The van der Waals surface area contributed by atoms with E-state index in [4.69, 9.17) is 11.6 Å². The van der Waals surface area contributed by atoms with Crippen LogP contribution in [-0.2, 0) is 0 Å². The molecule has 0 aliphatic carbocycles. The van der Waals surface area contributed by atoms with Crippen LogP contribution in [0.4, 0.5) is 23.1 Å². The van der Waals surface area contributed by atoms with Gasteiger partial charge in [0.15, 0.2) is 5.82 Å². The standard InChI is InChI=1S/C17H16ClN5/c1-11-7-8-12(2)15(9-11)21-17-22-16(10-19-23-17)20-14-6-4-3-5-13(14)18/h3-10H,1-2H3,(H2,20,21,22,23). The molecular weight excluding hydrogens is 310 g/mol. The number of anilines is 4. The molecule has 0 unspecified atom stereocenters. The summed E-state index contributed by atoms with van der Waals surface area (Å²) in [7, 11) is 0. The zero-order chi connectivity index (χ0) is 16.2. The zero-order valence-electron chi connectivity index (χ0n) is 12.8. The molecule has 5 nitrogen and oxygen atoms in total. The summed E-state index contributed by atoms with van der Waals surface area (Å²) in [4.78, 5) is 4.42. The Kier molecular flexibility index (Phi) is 4.39. The monoisotopic (exact) mass is 325 g/mol. The van der Waals surface area contributed by atoms with Crippen LogP contribution in [0.2, 0.25) is 5.02 Å². The molecule has 0 atom stereocenters. The molecule has 6 heteroatoms. The van der Waals surface area contributed by atoms with E-state index in [1.54, 1.807) is 6.20 Å². The minimum atomic E-state index is 0.427. The molecule has 0 saturated carbocycles. The predicted molar refractivity (Wildman–Crippen MR) is 93.8 cm³/mol. The van der Waals surface area contributed by atoms with E-state index in [-0.39, 0.29) is 0 Å². The van der Waals surface area contributed by atoms with Gasteiger partial charge in [-0.3, -0.25) is 0 Å². The molecule has 0 aliphatic heterocycles. The van der Waals surface area contributed by atoms with Crippen LogP contribution in [-0.4, -0.2) is 15.2 Å². The molecule has 1 aromatic heterocycles. The lowest BCUT2D eigenvalue weighted by atomic mass is 10.1. The lowest BCUT2D eigenvalue weighted by Gasteiger charge is -2.10. The van der Waals surface area contributed by atoms with Crippen molar-refractivity contribution >= 4 is 34.7 Å². The second-order valence-electron chi connectivity index (χ2n) is 5.21. The van der Waals surface area contributed by atoms with Gasteiger partial charge in [-0.2, -0.15) is 10.1 Å². The molecule has 0 spiro atoms. The number of nitrogens with zero attached hydrogens (tertiary/aromatic N) is 3. The summed E-state index contributed by atoms with van der Waals surface area (Å²) in [6.07, 6.45) is 1.55. The molecule has 2 aromatic carbocycles. The number of nitrogens with one attached hydrogen (secondary N) is 2. The van der Waals surface area contributed by atoms with Crippen LogP contribution in [0.1, 0.15) is 11.1 Å². The summed E-state index contributed by atoms with van der Waals surface area (Å²) in [5.74, 6) is 0.997. The number of hydrogen-bond donors (Lipinski definition) is 2. The van der Waals surface area contributed by atoms with Crippen LogP contribution in [0.15, 0.2) is 48.7 Å². The van der Waals surface area contributed by atoms with Crippen LogP contribution in [0.3, 0.4) is 0 Å². The Bertz CT molecular complexity index is 835. The number of aromatic nitrogens is 3. The molecule has 23 heavy (non-hydrogen) atoms. The third-order valence-electron chi connectivity index (χ3n) is 3.33. The molecule has 0 radical (unpaired) electrons. The van der Waals surface area contributed by atoms with Gasteiger partial charge >= 0.3 is 0 Å². The Morgan fingerprint density at radius 1 is 0.957 bits per heavy atom. The summed E-state index contributed by atoms with van der Waals surface area (Å²) in [6.45, 7) is 4.07. The highest BCUT2D eigenvalue weighted by molar-refractivity contribution is 6.33. The fourth-order valence-electron chi connectivity index (χ4n) is 2.11. The predicted octanol–water partition coefficient (Wildman–Crippen LogP) is 4.63. The topological polar surface area (TPSA) is 62.7 Å².